The van der Waals surface area contributed by atoms with Gasteiger partial charge in [-0.3, -0.25) is 0 Å². The van der Waals surface area contributed by atoms with Crippen molar-refractivity contribution >= 4 is 17.5 Å². The van der Waals surface area contributed by atoms with Gasteiger partial charge in [-0.15, -0.1) is 0 Å². The molecule has 0 spiro atoms. The molecule has 2 rings (SSSR count). The van der Waals surface area contributed by atoms with Crippen molar-refractivity contribution in [3.63, 3.8) is 0 Å². The third kappa shape index (κ3) is 4.15. The zero-order chi connectivity index (χ0) is 16.1. The van der Waals surface area contributed by atoms with E-state index in [4.69, 9.17) is 9.47 Å². The predicted molar refractivity (Wildman–Crippen MR) is 88.2 cm³/mol. The van der Waals surface area contributed by atoms with Gasteiger partial charge in [0.25, 0.3) is 0 Å². The summed E-state index contributed by atoms with van der Waals surface area (Å²) in [6.45, 7) is 0. The van der Waals surface area contributed by atoms with Crippen LogP contribution < -0.4 is 19.3 Å². The zero-order valence-corrected chi connectivity index (χ0v) is 13.2. The summed E-state index contributed by atoms with van der Waals surface area (Å²) in [5.74, 6) is 0.889. The summed E-state index contributed by atoms with van der Waals surface area (Å²) in [6.07, 6.45) is -0.758. The van der Waals surface area contributed by atoms with E-state index in [1.807, 2.05) is 62.3 Å². The second kappa shape index (κ2) is 6.85. The van der Waals surface area contributed by atoms with E-state index in [0.29, 0.717) is 11.5 Å². The lowest BCUT2D eigenvalue weighted by Crippen LogP contribution is -2.15. The van der Waals surface area contributed by atoms with Gasteiger partial charge in [0.15, 0.2) is 0 Å². The molecule has 116 valence electrons. The van der Waals surface area contributed by atoms with Crippen LogP contribution in [0.3, 0.4) is 0 Å². The summed E-state index contributed by atoms with van der Waals surface area (Å²) >= 11 is 0. The van der Waals surface area contributed by atoms with Crippen molar-refractivity contribution < 1.29 is 14.3 Å². The molecular formula is C17H20N2O3. The van der Waals surface area contributed by atoms with Gasteiger partial charge in [-0.2, -0.15) is 0 Å². The van der Waals surface area contributed by atoms with E-state index in [0.717, 1.165) is 11.4 Å². The molecule has 0 amide bonds. The Bertz CT molecular complexity index is 598. The number of anilines is 2. The molecule has 0 bridgehead atoms. The Labute approximate surface area is 130 Å². The number of carbonyl (C=O) groups is 1. The third-order valence-corrected chi connectivity index (χ3v) is 3.07. The second-order valence-electron chi connectivity index (χ2n) is 5.24. The van der Waals surface area contributed by atoms with Crippen LogP contribution in [0.2, 0.25) is 0 Å². The van der Waals surface area contributed by atoms with Crippen LogP contribution in [0.1, 0.15) is 0 Å². The van der Waals surface area contributed by atoms with Crippen molar-refractivity contribution in [2.75, 3.05) is 38.0 Å². The molecule has 0 N–H and O–H groups in total. The van der Waals surface area contributed by atoms with E-state index < -0.39 is 6.16 Å². The number of carbonyl (C=O) groups excluding carboxylic acids is 1. The average molecular weight is 300 g/mol. The number of hydrogen-bond donors (Lipinski definition) is 0. The quantitative estimate of drug-likeness (QED) is 0.639. The van der Waals surface area contributed by atoms with Gasteiger partial charge < -0.3 is 19.3 Å². The molecule has 0 saturated heterocycles. The SMILES string of the molecule is CN(C)c1cccc(OC(=O)Oc2cccc(N(C)C)c2)c1. The van der Waals surface area contributed by atoms with Gasteiger partial charge in [-0.25, -0.2) is 4.79 Å². The van der Waals surface area contributed by atoms with E-state index in [1.54, 1.807) is 24.3 Å². The molecule has 0 fully saturated rings. The van der Waals surface area contributed by atoms with Crippen molar-refractivity contribution in [1.82, 2.24) is 0 Å². The standard InChI is InChI=1S/C17H20N2O3/c1-18(2)13-7-5-9-15(11-13)21-17(20)22-16-10-6-8-14(12-16)19(3)4/h5-12H,1-4H3. The Morgan fingerprint density at radius 2 is 1.18 bits per heavy atom. The first-order valence-corrected chi connectivity index (χ1v) is 6.90. The first kappa shape index (κ1) is 15.7. The lowest BCUT2D eigenvalue weighted by Gasteiger charge is -2.14. The van der Waals surface area contributed by atoms with Crippen LogP contribution in [0, 0.1) is 0 Å². The number of ether oxygens (including phenoxy) is 2. The Hall–Kier alpha value is -2.69. The molecule has 0 saturated carbocycles. The molecule has 0 unspecified atom stereocenters. The minimum Gasteiger partial charge on any atom is -0.395 e. The molecule has 5 heteroatoms. The van der Waals surface area contributed by atoms with E-state index in [-0.39, 0.29) is 0 Å². The van der Waals surface area contributed by atoms with Gasteiger partial charge >= 0.3 is 6.16 Å². The molecule has 5 nitrogen and oxygen atoms in total. The maximum absolute atomic E-state index is 11.9. The second-order valence-corrected chi connectivity index (χ2v) is 5.24. The molecule has 0 atom stereocenters. The first-order chi connectivity index (χ1) is 10.5. The van der Waals surface area contributed by atoms with Gasteiger partial charge in [-0.05, 0) is 24.3 Å². The minimum atomic E-state index is -0.758. The number of hydrogen-bond acceptors (Lipinski definition) is 5. The highest BCUT2D eigenvalue weighted by Gasteiger charge is 2.09. The molecule has 2 aromatic carbocycles. The summed E-state index contributed by atoms with van der Waals surface area (Å²) in [5.41, 5.74) is 1.89. The fourth-order valence-corrected chi connectivity index (χ4v) is 1.86. The van der Waals surface area contributed by atoms with Gasteiger partial charge in [-0.1, -0.05) is 12.1 Å². The van der Waals surface area contributed by atoms with Crippen LogP contribution in [-0.2, 0) is 0 Å². The molecule has 0 aliphatic carbocycles. The van der Waals surface area contributed by atoms with Crippen molar-refractivity contribution in [1.29, 1.82) is 0 Å². The van der Waals surface area contributed by atoms with Crippen molar-refractivity contribution in [2.24, 2.45) is 0 Å². The van der Waals surface area contributed by atoms with Gasteiger partial charge in [0, 0.05) is 51.7 Å². The largest absolute Gasteiger partial charge is 0.519 e. The van der Waals surface area contributed by atoms with Gasteiger partial charge in [0.05, 0.1) is 0 Å². The van der Waals surface area contributed by atoms with Crippen LogP contribution >= 0.6 is 0 Å². The van der Waals surface area contributed by atoms with Gasteiger partial charge in [0.1, 0.15) is 11.5 Å². The lowest BCUT2D eigenvalue weighted by molar-refractivity contribution is 0.152. The summed E-state index contributed by atoms with van der Waals surface area (Å²) in [4.78, 5) is 15.7. The normalized spacial score (nSPS) is 10.0. The smallest absolute Gasteiger partial charge is 0.395 e. The fraction of sp³-hybridized carbons (Fsp3) is 0.235. The fourth-order valence-electron chi connectivity index (χ4n) is 1.86. The van der Waals surface area contributed by atoms with E-state index in [1.165, 1.54) is 0 Å². The highest BCUT2D eigenvalue weighted by molar-refractivity contribution is 5.68. The molecular weight excluding hydrogens is 280 g/mol. The lowest BCUT2D eigenvalue weighted by atomic mass is 10.3. The maximum atomic E-state index is 11.9. The highest BCUT2D eigenvalue weighted by atomic mass is 16.7. The Balaban J connectivity index is 2.04. The van der Waals surface area contributed by atoms with E-state index in [2.05, 4.69) is 0 Å². The van der Waals surface area contributed by atoms with Crippen molar-refractivity contribution in [3.8, 4) is 11.5 Å². The van der Waals surface area contributed by atoms with E-state index in [9.17, 15) is 4.79 Å². The number of rotatable bonds is 4. The first-order valence-electron chi connectivity index (χ1n) is 6.90. The molecule has 0 heterocycles. The molecule has 22 heavy (non-hydrogen) atoms. The van der Waals surface area contributed by atoms with E-state index >= 15 is 0 Å². The van der Waals surface area contributed by atoms with Crippen LogP contribution in [-0.4, -0.2) is 34.3 Å². The summed E-state index contributed by atoms with van der Waals surface area (Å²) in [6, 6.07) is 14.5. The van der Waals surface area contributed by atoms with Crippen LogP contribution in [0.5, 0.6) is 11.5 Å². The Morgan fingerprint density at radius 3 is 1.55 bits per heavy atom. The Morgan fingerprint density at radius 1 is 0.773 bits per heavy atom. The topological polar surface area (TPSA) is 42.0 Å². The van der Waals surface area contributed by atoms with Crippen molar-refractivity contribution in [2.45, 2.75) is 0 Å². The molecule has 0 aliphatic rings. The third-order valence-electron chi connectivity index (χ3n) is 3.07. The number of nitrogens with zero attached hydrogens (tertiary/aromatic N) is 2. The molecule has 0 aliphatic heterocycles. The number of benzene rings is 2. The van der Waals surface area contributed by atoms with Gasteiger partial charge in [0.2, 0.25) is 0 Å². The van der Waals surface area contributed by atoms with Crippen LogP contribution in [0.15, 0.2) is 48.5 Å². The van der Waals surface area contributed by atoms with Crippen LogP contribution in [0.4, 0.5) is 16.2 Å². The summed E-state index contributed by atoms with van der Waals surface area (Å²) in [7, 11) is 7.68. The minimum absolute atomic E-state index is 0.444. The maximum Gasteiger partial charge on any atom is 0.519 e. The Kier molecular flexibility index (Phi) is 4.88. The van der Waals surface area contributed by atoms with Crippen LogP contribution in [0.25, 0.3) is 0 Å². The zero-order valence-electron chi connectivity index (χ0n) is 13.2. The molecule has 0 radical (unpaired) electrons. The van der Waals surface area contributed by atoms with Crippen molar-refractivity contribution in [3.05, 3.63) is 48.5 Å². The highest BCUT2D eigenvalue weighted by Crippen LogP contribution is 2.22. The average Bonchev–Trinajstić information content (AvgIpc) is 2.47. The summed E-state index contributed by atoms with van der Waals surface area (Å²) in [5, 5.41) is 0. The predicted octanol–water partition coefficient (Wildman–Crippen LogP) is 3.40. The molecule has 0 aromatic heterocycles. The monoisotopic (exact) mass is 300 g/mol. The summed E-state index contributed by atoms with van der Waals surface area (Å²) < 4.78 is 10.4. The molecule has 2 aromatic rings.